The number of benzene rings is 1. The topological polar surface area (TPSA) is 58.4 Å². The predicted molar refractivity (Wildman–Crippen MR) is 86.6 cm³/mol. The van der Waals surface area contributed by atoms with Crippen LogP contribution < -0.4 is 5.32 Å². The van der Waals surface area contributed by atoms with Gasteiger partial charge in [-0.1, -0.05) is 18.2 Å². The monoisotopic (exact) mass is 301 g/mol. The number of nitrogens with zero attached hydrogens (tertiary/aromatic N) is 2. The van der Waals surface area contributed by atoms with Crippen molar-refractivity contribution in [2.24, 2.45) is 0 Å². The number of carbonyl (C=O) groups excluding carboxylic acids is 1. The van der Waals surface area contributed by atoms with E-state index in [-0.39, 0.29) is 5.91 Å². The first-order chi connectivity index (χ1) is 10.6. The summed E-state index contributed by atoms with van der Waals surface area (Å²) in [4.78, 5) is 18.3. The Labute approximate surface area is 131 Å². The van der Waals surface area contributed by atoms with Gasteiger partial charge in [-0.15, -0.1) is 0 Å². The largest absolute Gasteiger partial charge is 0.441 e. The zero-order chi connectivity index (χ0) is 15.9. The second-order valence-electron chi connectivity index (χ2n) is 5.54. The molecule has 1 heterocycles. The highest BCUT2D eigenvalue weighted by Crippen LogP contribution is 2.21. The summed E-state index contributed by atoms with van der Waals surface area (Å²) in [6.07, 6.45) is 1.02. The molecule has 0 fully saturated rings. The molecule has 1 amide bonds. The molecule has 0 saturated heterocycles. The van der Waals surface area contributed by atoms with E-state index in [0.717, 1.165) is 23.6 Å². The summed E-state index contributed by atoms with van der Waals surface area (Å²) in [6.45, 7) is 3.39. The molecule has 0 unspecified atom stereocenters. The van der Waals surface area contributed by atoms with Gasteiger partial charge >= 0.3 is 0 Å². The minimum Gasteiger partial charge on any atom is -0.441 e. The number of hydrogen-bond acceptors (Lipinski definition) is 4. The van der Waals surface area contributed by atoms with Crippen LogP contribution >= 0.6 is 0 Å². The smallest absolute Gasteiger partial charge is 0.226 e. The Balaban J connectivity index is 1.88. The van der Waals surface area contributed by atoms with Crippen molar-refractivity contribution in [2.45, 2.75) is 19.8 Å². The van der Waals surface area contributed by atoms with Gasteiger partial charge in [-0.3, -0.25) is 4.79 Å². The molecule has 22 heavy (non-hydrogen) atoms. The van der Waals surface area contributed by atoms with Gasteiger partial charge in [-0.25, -0.2) is 4.98 Å². The Morgan fingerprint density at radius 2 is 2.00 bits per heavy atom. The van der Waals surface area contributed by atoms with Gasteiger partial charge in [-0.05, 0) is 33.2 Å². The summed E-state index contributed by atoms with van der Waals surface area (Å²) in [6, 6.07) is 9.78. The van der Waals surface area contributed by atoms with E-state index in [0.29, 0.717) is 25.3 Å². The van der Waals surface area contributed by atoms with Crippen molar-refractivity contribution in [3.63, 3.8) is 0 Å². The Morgan fingerprint density at radius 3 is 2.68 bits per heavy atom. The van der Waals surface area contributed by atoms with E-state index < -0.39 is 0 Å². The van der Waals surface area contributed by atoms with Gasteiger partial charge in [0, 0.05) is 31.5 Å². The Hall–Kier alpha value is -2.14. The van der Waals surface area contributed by atoms with E-state index >= 15 is 0 Å². The maximum absolute atomic E-state index is 11.8. The summed E-state index contributed by atoms with van der Waals surface area (Å²) in [5.74, 6) is 1.44. The molecule has 0 saturated carbocycles. The minimum atomic E-state index is 0.0468. The lowest BCUT2D eigenvalue weighted by Gasteiger charge is -2.09. The normalized spacial score (nSPS) is 10.9. The number of nitrogens with one attached hydrogen (secondary N) is 1. The number of oxazole rings is 1. The van der Waals surface area contributed by atoms with E-state index in [1.54, 1.807) is 0 Å². The molecule has 0 radical (unpaired) electrons. The van der Waals surface area contributed by atoms with Gasteiger partial charge in [0.05, 0.1) is 5.69 Å². The zero-order valence-electron chi connectivity index (χ0n) is 13.4. The third-order valence-corrected chi connectivity index (χ3v) is 3.38. The number of aromatic nitrogens is 1. The molecule has 1 aromatic heterocycles. The second-order valence-corrected chi connectivity index (χ2v) is 5.54. The van der Waals surface area contributed by atoms with Crippen molar-refractivity contribution in [3.8, 4) is 11.5 Å². The number of likely N-dealkylation sites (N-methyl/N-ethyl adjacent to an activating group) is 1. The van der Waals surface area contributed by atoms with Crippen molar-refractivity contribution in [1.82, 2.24) is 15.2 Å². The van der Waals surface area contributed by atoms with Crippen LogP contribution in [0, 0.1) is 6.92 Å². The minimum absolute atomic E-state index is 0.0468. The van der Waals surface area contributed by atoms with Crippen LogP contribution in [-0.4, -0.2) is 43.0 Å². The van der Waals surface area contributed by atoms with Crippen molar-refractivity contribution in [2.75, 3.05) is 27.2 Å². The predicted octanol–water partition coefficient (Wildman–Crippen LogP) is 2.26. The SMILES string of the molecule is Cc1oc(-c2ccccc2)nc1CCC(=O)NCCN(C)C. The van der Waals surface area contributed by atoms with Crippen LogP contribution in [0.15, 0.2) is 34.7 Å². The van der Waals surface area contributed by atoms with Crippen LogP contribution in [0.25, 0.3) is 11.5 Å². The molecule has 5 heteroatoms. The van der Waals surface area contributed by atoms with Crippen molar-refractivity contribution < 1.29 is 9.21 Å². The molecule has 0 spiro atoms. The summed E-state index contributed by atoms with van der Waals surface area (Å²) in [5.41, 5.74) is 1.80. The molecule has 0 aliphatic rings. The van der Waals surface area contributed by atoms with Crippen LogP contribution in [0.2, 0.25) is 0 Å². The highest BCUT2D eigenvalue weighted by molar-refractivity contribution is 5.76. The van der Waals surface area contributed by atoms with Crippen LogP contribution in [0.5, 0.6) is 0 Å². The third kappa shape index (κ3) is 4.70. The fourth-order valence-corrected chi connectivity index (χ4v) is 2.10. The molecule has 2 aromatic rings. The molecule has 0 aliphatic heterocycles. The summed E-state index contributed by atoms with van der Waals surface area (Å²) in [5, 5.41) is 2.90. The molecule has 1 N–H and O–H groups in total. The van der Waals surface area contributed by atoms with Gasteiger partial charge in [-0.2, -0.15) is 0 Å². The first-order valence-electron chi connectivity index (χ1n) is 7.49. The van der Waals surface area contributed by atoms with Gasteiger partial charge in [0.1, 0.15) is 5.76 Å². The first-order valence-corrected chi connectivity index (χ1v) is 7.49. The Morgan fingerprint density at radius 1 is 1.27 bits per heavy atom. The molecular weight excluding hydrogens is 278 g/mol. The van der Waals surface area contributed by atoms with Gasteiger partial charge in [0.25, 0.3) is 0 Å². The van der Waals surface area contributed by atoms with E-state index in [1.807, 2.05) is 56.3 Å². The fraction of sp³-hybridized carbons (Fsp3) is 0.412. The zero-order valence-corrected chi connectivity index (χ0v) is 13.4. The fourth-order valence-electron chi connectivity index (χ4n) is 2.10. The number of aryl methyl sites for hydroxylation is 2. The lowest BCUT2D eigenvalue weighted by Crippen LogP contribution is -2.31. The molecule has 0 atom stereocenters. The third-order valence-electron chi connectivity index (χ3n) is 3.38. The highest BCUT2D eigenvalue weighted by atomic mass is 16.4. The van der Waals surface area contributed by atoms with E-state index in [2.05, 4.69) is 10.3 Å². The van der Waals surface area contributed by atoms with E-state index in [4.69, 9.17) is 4.42 Å². The Kier molecular flexibility index (Phi) is 5.72. The molecule has 0 aliphatic carbocycles. The number of rotatable bonds is 7. The summed E-state index contributed by atoms with van der Waals surface area (Å²) < 4.78 is 5.70. The van der Waals surface area contributed by atoms with Crippen LogP contribution in [0.4, 0.5) is 0 Å². The van der Waals surface area contributed by atoms with Crippen molar-refractivity contribution in [3.05, 3.63) is 41.8 Å². The van der Waals surface area contributed by atoms with Crippen molar-refractivity contribution >= 4 is 5.91 Å². The van der Waals surface area contributed by atoms with Crippen LogP contribution in [0.1, 0.15) is 17.9 Å². The van der Waals surface area contributed by atoms with Crippen molar-refractivity contribution in [1.29, 1.82) is 0 Å². The lowest BCUT2D eigenvalue weighted by atomic mass is 10.2. The van der Waals surface area contributed by atoms with Gasteiger partial charge < -0.3 is 14.6 Å². The average Bonchev–Trinajstić information content (AvgIpc) is 2.87. The van der Waals surface area contributed by atoms with Gasteiger partial charge in [0.2, 0.25) is 11.8 Å². The summed E-state index contributed by atoms with van der Waals surface area (Å²) >= 11 is 0. The van der Waals surface area contributed by atoms with E-state index in [9.17, 15) is 4.79 Å². The van der Waals surface area contributed by atoms with Gasteiger partial charge in [0.15, 0.2) is 0 Å². The van der Waals surface area contributed by atoms with E-state index in [1.165, 1.54) is 0 Å². The molecule has 1 aromatic carbocycles. The molecule has 118 valence electrons. The number of carbonyl (C=O) groups is 1. The first kappa shape index (κ1) is 16.2. The van der Waals surface area contributed by atoms with Crippen LogP contribution in [0.3, 0.4) is 0 Å². The summed E-state index contributed by atoms with van der Waals surface area (Å²) in [7, 11) is 3.96. The standard InChI is InChI=1S/C17H23N3O2/c1-13-15(9-10-16(21)18-11-12-20(2)3)19-17(22-13)14-7-5-4-6-8-14/h4-8H,9-12H2,1-3H3,(H,18,21). The molecular formula is C17H23N3O2. The molecule has 0 bridgehead atoms. The second kappa shape index (κ2) is 7.75. The highest BCUT2D eigenvalue weighted by Gasteiger charge is 2.12. The van der Waals surface area contributed by atoms with Crippen LogP contribution in [-0.2, 0) is 11.2 Å². The lowest BCUT2D eigenvalue weighted by molar-refractivity contribution is -0.121. The maximum atomic E-state index is 11.8. The molecule has 5 nitrogen and oxygen atoms in total. The number of amides is 1. The maximum Gasteiger partial charge on any atom is 0.226 e. The quantitative estimate of drug-likeness (QED) is 0.852. The Bertz CT molecular complexity index is 606. The molecule has 2 rings (SSSR count). The average molecular weight is 301 g/mol. The number of hydrogen-bond donors (Lipinski definition) is 1.